The monoisotopic (exact) mass is 178 g/mol. The molecule has 0 aliphatic rings. The summed E-state index contributed by atoms with van der Waals surface area (Å²) in [6, 6.07) is 0. The van der Waals surface area contributed by atoms with Crippen LogP contribution < -0.4 is 4.90 Å². The zero-order valence-electron chi connectivity index (χ0n) is 8.50. The van der Waals surface area contributed by atoms with Gasteiger partial charge in [-0.05, 0) is 20.6 Å². The molecular weight excluding hydrogens is 164 g/mol. The van der Waals surface area contributed by atoms with Gasteiger partial charge in [-0.2, -0.15) is 0 Å². The molecule has 0 fully saturated rings. The summed E-state index contributed by atoms with van der Waals surface area (Å²) in [4.78, 5) is 14.3. The molecule has 0 N–H and O–H groups in total. The van der Waals surface area contributed by atoms with Crippen molar-refractivity contribution in [1.82, 2.24) is 9.97 Å². The van der Waals surface area contributed by atoms with Crippen LogP contribution in [-0.4, -0.2) is 30.8 Å². The Kier molecular flexibility index (Phi) is 2.60. The van der Waals surface area contributed by atoms with Crippen molar-refractivity contribution >= 4 is 18.2 Å². The number of aromatic nitrogens is 2. The van der Waals surface area contributed by atoms with Crippen LogP contribution in [-0.2, 0) is 0 Å². The fourth-order valence-electron chi connectivity index (χ4n) is 1.19. The van der Waals surface area contributed by atoms with E-state index < -0.39 is 0 Å². The van der Waals surface area contributed by atoms with Crippen LogP contribution in [0.15, 0.2) is 4.99 Å². The van der Waals surface area contributed by atoms with E-state index in [1.165, 1.54) is 0 Å². The zero-order chi connectivity index (χ0) is 10.0. The molecule has 1 aromatic rings. The second kappa shape index (κ2) is 3.51. The summed E-state index contributed by atoms with van der Waals surface area (Å²) in [5, 5.41) is 0. The summed E-state index contributed by atoms with van der Waals surface area (Å²) in [5.41, 5.74) is 1.63. The molecule has 0 saturated carbocycles. The average molecular weight is 178 g/mol. The molecule has 0 unspecified atom stereocenters. The number of hydrogen-bond donors (Lipinski definition) is 0. The molecule has 0 saturated heterocycles. The van der Waals surface area contributed by atoms with E-state index in [4.69, 9.17) is 0 Å². The summed E-state index contributed by atoms with van der Waals surface area (Å²) in [7, 11) is 3.85. The van der Waals surface area contributed by atoms with Gasteiger partial charge in [0.2, 0.25) is 0 Å². The van der Waals surface area contributed by atoms with Crippen molar-refractivity contribution in [2.24, 2.45) is 4.99 Å². The van der Waals surface area contributed by atoms with Crippen molar-refractivity contribution in [2.75, 3.05) is 19.0 Å². The predicted octanol–water partition coefficient (Wildman–Crippen LogP) is 1.49. The van der Waals surface area contributed by atoms with Crippen molar-refractivity contribution in [3.05, 3.63) is 11.5 Å². The molecule has 1 rings (SSSR count). The second-order valence-corrected chi connectivity index (χ2v) is 3.08. The third-order valence-electron chi connectivity index (χ3n) is 1.73. The third kappa shape index (κ3) is 1.83. The molecule has 0 amide bonds. The molecule has 1 aromatic heterocycles. The van der Waals surface area contributed by atoms with Crippen LogP contribution in [0.3, 0.4) is 0 Å². The van der Waals surface area contributed by atoms with Crippen molar-refractivity contribution in [1.29, 1.82) is 0 Å². The highest BCUT2D eigenvalue weighted by Crippen LogP contribution is 2.26. The Bertz CT molecular complexity index is 331. The topological polar surface area (TPSA) is 41.4 Å². The highest BCUT2D eigenvalue weighted by Gasteiger charge is 2.09. The van der Waals surface area contributed by atoms with Crippen LogP contribution in [0, 0.1) is 13.8 Å². The molecule has 0 aromatic carbocycles. The lowest BCUT2D eigenvalue weighted by atomic mass is 10.3. The third-order valence-corrected chi connectivity index (χ3v) is 1.73. The summed E-state index contributed by atoms with van der Waals surface area (Å²) in [6.45, 7) is 7.28. The zero-order valence-corrected chi connectivity index (χ0v) is 8.50. The van der Waals surface area contributed by atoms with Gasteiger partial charge >= 0.3 is 0 Å². The van der Waals surface area contributed by atoms with Crippen LogP contribution in [0.2, 0.25) is 0 Å². The fourth-order valence-corrected chi connectivity index (χ4v) is 1.19. The minimum absolute atomic E-state index is 0.758. The van der Waals surface area contributed by atoms with Crippen molar-refractivity contribution in [3.63, 3.8) is 0 Å². The Hall–Kier alpha value is -1.45. The van der Waals surface area contributed by atoms with Gasteiger partial charge in [-0.1, -0.05) is 0 Å². The Morgan fingerprint density at radius 2 is 1.85 bits per heavy atom. The number of rotatable bonds is 2. The summed E-state index contributed by atoms with van der Waals surface area (Å²) in [5.74, 6) is 1.58. The molecule has 0 aliphatic carbocycles. The van der Waals surface area contributed by atoms with Crippen LogP contribution >= 0.6 is 0 Å². The Labute approximate surface area is 78.4 Å². The van der Waals surface area contributed by atoms with Gasteiger partial charge in [-0.15, -0.1) is 0 Å². The van der Waals surface area contributed by atoms with Gasteiger partial charge in [-0.25, -0.2) is 9.97 Å². The Morgan fingerprint density at radius 3 is 2.31 bits per heavy atom. The number of aliphatic imine (C=N–C) groups is 1. The summed E-state index contributed by atoms with van der Waals surface area (Å²) >= 11 is 0. The highest BCUT2D eigenvalue weighted by molar-refractivity contribution is 5.66. The fraction of sp³-hybridized carbons (Fsp3) is 0.444. The van der Waals surface area contributed by atoms with Crippen molar-refractivity contribution in [2.45, 2.75) is 13.8 Å². The van der Waals surface area contributed by atoms with E-state index in [9.17, 15) is 0 Å². The first kappa shape index (κ1) is 9.64. The molecule has 0 spiro atoms. The van der Waals surface area contributed by atoms with E-state index in [0.29, 0.717) is 0 Å². The van der Waals surface area contributed by atoms with Crippen LogP contribution in [0.1, 0.15) is 11.5 Å². The summed E-state index contributed by atoms with van der Waals surface area (Å²) < 4.78 is 0. The largest absolute Gasteiger partial charge is 0.361 e. The lowest BCUT2D eigenvalue weighted by Gasteiger charge is -2.15. The molecule has 0 aliphatic heterocycles. The maximum Gasteiger partial charge on any atom is 0.158 e. The number of anilines is 1. The van der Waals surface area contributed by atoms with E-state index in [1.807, 2.05) is 32.8 Å². The standard InChI is InChI=1S/C9H14N4/c1-6-8(10-3)9(13(4)5)12-7(2)11-6/h3H2,1-2,4-5H3. The van der Waals surface area contributed by atoms with Gasteiger partial charge in [0.25, 0.3) is 0 Å². The first-order valence-electron chi connectivity index (χ1n) is 4.05. The van der Waals surface area contributed by atoms with E-state index >= 15 is 0 Å². The van der Waals surface area contributed by atoms with Gasteiger partial charge in [0.15, 0.2) is 5.82 Å². The maximum absolute atomic E-state index is 4.29. The molecule has 70 valence electrons. The lowest BCUT2D eigenvalue weighted by molar-refractivity contribution is 0.962. The normalized spacial score (nSPS) is 9.85. The molecule has 0 bridgehead atoms. The molecule has 13 heavy (non-hydrogen) atoms. The minimum Gasteiger partial charge on any atom is -0.361 e. The highest BCUT2D eigenvalue weighted by atomic mass is 15.2. The molecule has 4 heteroatoms. The predicted molar refractivity (Wildman–Crippen MR) is 55.0 cm³/mol. The maximum atomic E-state index is 4.29. The van der Waals surface area contributed by atoms with Gasteiger partial charge in [-0.3, -0.25) is 4.99 Å². The van der Waals surface area contributed by atoms with Gasteiger partial charge < -0.3 is 4.90 Å². The van der Waals surface area contributed by atoms with Gasteiger partial charge in [0.1, 0.15) is 11.5 Å². The Balaban J connectivity index is 3.38. The number of nitrogens with zero attached hydrogens (tertiary/aromatic N) is 4. The summed E-state index contributed by atoms with van der Waals surface area (Å²) in [6.07, 6.45) is 0. The SMILES string of the molecule is C=Nc1c(C)nc(C)nc1N(C)C. The quantitative estimate of drug-likeness (QED) is 0.644. The minimum atomic E-state index is 0.758. The lowest BCUT2D eigenvalue weighted by Crippen LogP contribution is -2.12. The molecule has 4 nitrogen and oxygen atoms in total. The van der Waals surface area contributed by atoms with Crippen LogP contribution in [0.25, 0.3) is 0 Å². The van der Waals surface area contributed by atoms with Crippen LogP contribution in [0.5, 0.6) is 0 Å². The molecule has 0 radical (unpaired) electrons. The Morgan fingerprint density at radius 1 is 1.23 bits per heavy atom. The van der Waals surface area contributed by atoms with E-state index in [2.05, 4.69) is 21.7 Å². The molecular formula is C9H14N4. The van der Waals surface area contributed by atoms with E-state index in [1.54, 1.807) is 0 Å². The first-order chi connectivity index (χ1) is 6.06. The van der Waals surface area contributed by atoms with Crippen molar-refractivity contribution < 1.29 is 0 Å². The molecule has 1 heterocycles. The number of aryl methyl sites for hydroxylation is 2. The first-order valence-corrected chi connectivity index (χ1v) is 4.05. The van der Waals surface area contributed by atoms with Crippen molar-refractivity contribution in [3.8, 4) is 0 Å². The van der Waals surface area contributed by atoms with E-state index in [-0.39, 0.29) is 0 Å². The van der Waals surface area contributed by atoms with Gasteiger partial charge in [0, 0.05) is 14.1 Å². The van der Waals surface area contributed by atoms with E-state index in [0.717, 1.165) is 23.0 Å². The molecule has 0 atom stereocenters. The number of hydrogen-bond acceptors (Lipinski definition) is 4. The second-order valence-electron chi connectivity index (χ2n) is 3.08. The smallest absolute Gasteiger partial charge is 0.158 e. The van der Waals surface area contributed by atoms with Crippen LogP contribution in [0.4, 0.5) is 11.5 Å². The van der Waals surface area contributed by atoms with Gasteiger partial charge in [0.05, 0.1) is 5.69 Å². The average Bonchev–Trinajstić information content (AvgIpc) is 2.02.